The second-order valence-electron chi connectivity index (χ2n) is 3.96. The van der Waals surface area contributed by atoms with Crippen LogP contribution in [0.4, 0.5) is 0 Å². The third-order valence-corrected chi connectivity index (χ3v) is 3.43. The zero-order valence-electron chi connectivity index (χ0n) is 9.98. The van der Waals surface area contributed by atoms with E-state index in [2.05, 4.69) is 4.98 Å². The third-order valence-electron chi connectivity index (χ3n) is 2.61. The van der Waals surface area contributed by atoms with Crippen LogP contribution in [0.3, 0.4) is 0 Å². The van der Waals surface area contributed by atoms with Crippen molar-refractivity contribution >= 4 is 11.3 Å². The Morgan fingerprint density at radius 3 is 2.11 bits per heavy atom. The maximum atomic E-state index is 9.20. The molecule has 0 saturated heterocycles. The van der Waals surface area contributed by atoms with Gasteiger partial charge in [0.1, 0.15) is 22.3 Å². The molecule has 4 heteroatoms. The van der Waals surface area contributed by atoms with Crippen molar-refractivity contribution < 1.29 is 9.84 Å². The van der Waals surface area contributed by atoms with Crippen LogP contribution in [0.5, 0.6) is 17.2 Å². The second-order valence-corrected chi connectivity index (χ2v) is 4.85. The molecule has 0 spiro atoms. The van der Waals surface area contributed by atoms with Crippen LogP contribution in [0.15, 0.2) is 60.1 Å². The second kappa shape index (κ2) is 5.12. The van der Waals surface area contributed by atoms with Gasteiger partial charge in [-0.2, -0.15) is 0 Å². The third kappa shape index (κ3) is 2.74. The van der Waals surface area contributed by atoms with Crippen LogP contribution < -0.4 is 4.74 Å². The van der Waals surface area contributed by atoms with Gasteiger partial charge in [-0.05, 0) is 48.5 Å². The Morgan fingerprint density at radius 1 is 0.895 bits per heavy atom. The summed E-state index contributed by atoms with van der Waals surface area (Å²) in [6.45, 7) is 0. The number of ether oxygens (including phenoxy) is 1. The molecule has 94 valence electrons. The summed E-state index contributed by atoms with van der Waals surface area (Å²) in [6, 6.07) is 14.4. The van der Waals surface area contributed by atoms with Gasteiger partial charge in [-0.3, -0.25) is 0 Å². The molecule has 0 aliphatic heterocycles. The van der Waals surface area contributed by atoms with Crippen molar-refractivity contribution in [3.8, 4) is 27.8 Å². The molecule has 0 atom stereocenters. The predicted octanol–water partition coefficient (Wildman–Crippen LogP) is 4.31. The van der Waals surface area contributed by atoms with E-state index < -0.39 is 0 Å². The Morgan fingerprint density at radius 2 is 1.53 bits per heavy atom. The molecule has 3 nitrogen and oxygen atoms in total. The lowest BCUT2D eigenvalue weighted by atomic mass is 10.2. The number of phenols is 1. The van der Waals surface area contributed by atoms with Gasteiger partial charge in [0.05, 0.1) is 0 Å². The Hall–Kier alpha value is -2.33. The zero-order valence-corrected chi connectivity index (χ0v) is 10.8. The summed E-state index contributed by atoms with van der Waals surface area (Å²) in [7, 11) is 0. The van der Waals surface area contributed by atoms with E-state index in [1.54, 1.807) is 41.8 Å². The molecular weight excluding hydrogens is 258 g/mol. The van der Waals surface area contributed by atoms with Gasteiger partial charge in [-0.1, -0.05) is 0 Å². The molecule has 0 aliphatic rings. The minimum Gasteiger partial charge on any atom is -0.508 e. The van der Waals surface area contributed by atoms with Gasteiger partial charge < -0.3 is 9.84 Å². The summed E-state index contributed by atoms with van der Waals surface area (Å²) in [5.74, 6) is 1.68. The van der Waals surface area contributed by atoms with Crippen molar-refractivity contribution in [2.24, 2.45) is 0 Å². The van der Waals surface area contributed by atoms with Gasteiger partial charge in [0.25, 0.3) is 0 Å². The minimum atomic E-state index is 0.228. The highest BCUT2D eigenvalue weighted by atomic mass is 32.1. The van der Waals surface area contributed by atoms with Crippen LogP contribution in [-0.2, 0) is 0 Å². The molecule has 2 aromatic carbocycles. The average Bonchev–Trinajstić information content (AvgIpc) is 2.96. The van der Waals surface area contributed by atoms with Gasteiger partial charge in [-0.25, -0.2) is 4.98 Å². The van der Waals surface area contributed by atoms with Crippen molar-refractivity contribution in [3.63, 3.8) is 0 Å². The van der Waals surface area contributed by atoms with Crippen LogP contribution >= 0.6 is 11.3 Å². The Kier molecular flexibility index (Phi) is 3.16. The molecular formula is C15H11NO2S. The lowest BCUT2D eigenvalue weighted by Crippen LogP contribution is -1.83. The van der Waals surface area contributed by atoms with Crippen LogP contribution in [0.1, 0.15) is 0 Å². The number of rotatable bonds is 3. The van der Waals surface area contributed by atoms with E-state index >= 15 is 0 Å². The average molecular weight is 269 g/mol. The van der Waals surface area contributed by atoms with Crippen LogP contribution in [0.25, 0.3) is 10.6 Å². The fourth-order valence-corrected chi connectivity index (χ4v) is 2.33. The molecule has 19 heavy (non-hydrogen) atoms. The lowest BCUT2D eigenvalue weighted by Gasteiger charge is -2.06. The summed E-state index contributed by atoms with van der Waals surface area (Å²) in [4.78, 5) is 4.26. The van der Waals surface area contributed by atoms with E-state index in [-0.39, 0.29) is 5.75 Å². The van der Waals surface area contributed by atoms with Crippen molar-refractivity contribution in [2.45, 2.75) is 0 Å². The maximum absolute atomic E-state index is 9.20. The molecule has 1 aromatic heterocycles. The standard InChI is InChI=1S/C15H11NO2S/c17-12-3-7-14(8-4-12)18-13-5-1-11(2-6-13)15-16-9-10-19-15/h1-10,17H. The van der Waals surface area contributed by atoms with Crippen LogP contribution in [-0.4, -0.2) is 10.1 Å². The van der Waals surface area contributed by atoms with E-state index in [4.69, 9.17) is 4.74 Å². The molecule has 0 bridgehead atoms. The molecule has 0 aliphatic carbocycles. The highest BCUT2D eigenvalue weighted by Gasteiger charge is 2.01. The molecule has 0 radical (unpaired) electrons. The number of phenolic OH excluding ortho intramolecular Hbond substituents is 1. The van der Waals surface area contributed by atoms with E-state index in [9.17, 15) is 5.11 Å². The predicted molar refractivity (Wildman–Crippen MR) is 75.7 cm³/mol. The van der Waals surface area contributed by atoms with Crippen molar-refractivity contribution in [2.75, 3.05) is 0 Å². The number of nitrogens with zero attached hydrogens (tertiary/aromatic N) is 1. The normalized spacial score (nSPS) is 10.3. The first-order chi connectivity index (χ1) is 9.31. The summed E-state index contributed by atoms with van der Waals surface area (Å²) in [5, 5.41) is 12.2. The van der Waals surface area contributed by atoms with Gasteiger partial charge >= 0.3 is 0 Å². The molecule has 0 amide bonds. The fourth-order valence-electron chi connectivity index (χ4n) is 1.68. The van der Waals surface area contributed by atoms with Crippen molar-refractivity contribution in [3.05, 3.63) is 60.1 Å². The Bertz CT molecular complexity index is 646. The largest absolute Gasteiger partial charge is 0.508 e. The monoisotopic (exact) mass is 269 g/mol. The highest BCUT2D eigenvalue weighted by Crippen LogP contribution is 2.27. The SMILES string of the molecule is Oc1ccc(Oc2ccc(-c3nccs3)cc2)cc1. The topological polar surface area (TPSA) is 42.4 Å². The van der Waals surface area contributed by atoms with Crippen molar-refractivity contribution in [1.82, 2.24) is 4.98 Å². The number of aromatic nitrogens is 1. The Labute approximate surface area is 114 Å². The van der Waals surface area contributed by atoms with E-state index in [0.29, 0.717) is 5.75 Å². The first kappa shape index (κ1) is 11.7. The molecule has 0 unspecified atom stereocenters. The number of hydrogen-bond donors (Lipinski definition) is 1. The van der Waals surface area contributed by atoms with Gasteiger partial charge in [0, 0.05) is 17.1 Å². The summed E-state index contributed by atoms with van der Waals surface area (Å²) >= 11 is 1.61. The zero-order chi connectivity index (χ0) is 13.1. The van der Waals surface area contributed by atoms with Crippen molar-refractivity contribution in [1.29, 1.82) is 0 Å². The summed E-state index contributed by atoms with van der Waals surface area (Å²) in [6.07, 6.45) is 1.79. The lowest BCUT2D eigenvalue weighted by molar-refractivity contribution is 0.464. The molecule has 1 heterocycles. The highest BCUT2D eigenvalue weighted by molar-refractivity contribution is 7.13. The van der Waals surface area contributed by atoms with E-state index in [1.165, 1.54) is 0 Å². The molecule has 3 rings (SSSR count). The maximum Gasteiger partial charge on any atom is 0.127 e. The fraction of sp³-hybridized carbons (Fsp3) is 0. The number of hydrogen-bond acceptors (Lipinski definition) is 4. The van der Waals surface area contributed by atoms with E-state index in [1.807, 2.05) is 29.6 Å². The minimum absolute atomic E-state index is 0.228. The smallest absolute Gasteiger partial charge is 0.127 e. The Balaban J connectivity index is 1.77. The molecule has 1 N–H and O–H groups in total. The summed E-state index contributed by atoms with van der Waals surface area (Å²) < 4.78 is 5.68. The molecule has 0 saturated carbocycles. The number of thiazole rings is 1. The number of aromatic hydroxyl groups is 1. The van der Waals surface area contributed by atoms with Gasteiger partial charge in [-0.15, -0.1) is 11.3 Å². The first-order valence-electron chi connectivity index (χ1n) is 5.78. The van der Waals surface area contributed by atoms with Crippen LogP contribution in [0, 0.1) is 0 Å². The van der Waals surface area contributed by atoms with E-state index in [0.717, 1.165) is 16.3 Å². The molecule has 0 fully saturated rings. The quantitative estimate of drug-likeness (QED) is 0.770. The number of benzene rings is 2. The molecule has 3 aromatic rings. The summed E-state index contributed by atoms with van der Waals surface area (Å²) in [5.41, 5.74) is 1.08. The van der Waals surface area contributed by atoms with Gasteiger partial charge in [0.15, 0.2) is 0 Å². The first-order valence-corrected chi connectivity index (χ1v) is 6.66. The van der Waals surface area contributed by atoms with Crippen LogP contribution in [0.2, 0.25) is 0 Å². The van der Waals surface area contributed by atoms with Gasteiger partial charge in [0.2, 0.25) is 0 Å².